The second-order valence-corrected chi connectivity index (χ2v) is 12.9. The molecule has 13 heteroatoms. The van der Waals surface area contributed by atoms with Crippen molar-refractivity contribution in [1.82, 2.24) is 20.2 Å². The number of nitrogens with one attached hydrogen (secondary N) is 1. The SMILES string of the molecule is CC[C@@H]1[C@@H]2CN(C(=O)[C@H](C(C)(C)C)NC(=O)OC3CC3CC=CCC(F)(F)c3nc4ccc(OC)cc4nc3O2)[C@@H]1C(=O)OC. The molecule has 1 aromatic heterocycles. The first-order valence-corrected chi connectivity index (χ1v) is 15.2. The van der Waals surface area contributed by atoms with Crippen molar-refractivity contribution in [3.8, 4) is 11.6 Å². The van der Waals surface area contributed by atoms with Crippen LogP contribution in [0.3, 0.4) is 0 Å². The van der Waals surface area contributed by atoms with Crippen molar-refractivity contribution in [1.29, 1.82) is 0 Å². The van der Waals surface area contributed by atoms with Crippen molar-refractivity contribution in [2.45, 2.75) is 83.6 Å². The van der Waals surface area contributed by atoms with E-state index in [1.807, 2.05) is 0 Å². The summed E-state index contributed by atoms with van der Waals surface area (Å²) >= 11 is 0. The Morgan fingerprint density at radius 3 is 2.53 bits per heavy atom. The number of halogens is 2. The molecule has 6 atom stereocenters. The third kappa shape index (κ3) is 6.67. The average molecular weight is 631 g/mol. The summed E-state index contributed by atoms with van der Waals surface area (Å²) in [6.07, 6.45) is 1.66. The summed E-state index contributed by atoms with van der Waals surface area (Å²) in [5.41, 5.74) is -0.913. The maximum absolute atomic E-state index is 15.9. The quantitative estimate of drug-likeness (QED) is 0.377. The Kier molecular flexibility index (Phi) is 8.92. The van der Waals surface area contributed by atoms with Crippen molar-refractivity contribution in [2.24, 2.45) is 17.3 Å². The van der Waals surface area contributed by atoms with E-state index in [-0.39, 0.29) is 23.5 Å². The summed E-state index contributed by atoms with van der Waals surface area (Å²) in [5.74, 6) is -5.30. The molecule has 2 aliphatic heterocycles. The summed E-state index contributed by atoms with van der Waals surface area (Å²) in [7, 11) is 2.69. The molecule has 3 aliphatic rings. The molecule has 244 valence electrons. The third-order valence-electron chi connectivity index (χ3n) is 8.71. The van der Waals surface area contributed by atoms with E-state index < -0.39 is 77.5 Å². The highest BCUT2D eigenvalue weighted by Gasteiger charge is 2.52. The van der Waals surface area contributed by atoms with Crippen LogP contribution in [0.15, 0.2) is 30.4 Å². The summed E-state index contributed by atoms with van der Waals surface area (Å²) in [6, 6.07) is 2.55. The van der Waals surface area contributed by atoms with Gasteiger partial charge in [0.2, 0.25) is 11.8 Å². The summed E-state index contributed by atoms with van der Waals surface area (Å²) < 4.78 is 54.0. The zero-order chi connectivity index (χ0) is 32.7. The number of hydrogen-bond acceptors (Lipinski definition) is 9. The molecular weight excluding hydrogens is 590 g/mol. The molecule has 1 saturated carbocycles. The number of amides is 2. The van der Waals surface area contributed by atoms with Crippen LogP contribution in [-0.4, -0.2) is 77.9 Å². The van der Waals surface area contributed by atoms with Crippen LogP contribution >= 0.6 is 0 Å². The zero-order valence-electron chi connectivity index (χ0n) is 26.3. The number of carbonyl (C=O) groups is 3. The fourth-order valence-corrected chi connectivity index (χ4v) is 6.06. The standard InChI is InChI=1S/C32H40F2N4O7/c1-7-19-23-16-38(24(19)29(40)43-6)28(39)26(31(2,3)4)37-30(41)45-22-14-17(22)10-8-9-13-32(33,34)25-27(44-23)36-21-15-18(42-5)11-12-20(21)35-25/h8-9,11-12,15,17,19,22-24,26H,7,10,13-14,16H2,1-6H3,(H,37,41)/t17?,19-,22?,23+,24+,26-/m1/s1. The number of ether oxygens (including phenoxy) is 4. The average Bonchev–Trinajstić information content (AvgIpc) is 3.62. The van der Waals surface area contributed by atoms with Crippen LogP contribution in [-0.2, 0) is 25.0 Å². The maximum atomic E-state index is 15.9. The van der Waals surface area contributed by atoms with E-state index in [0.29, 0.717) is 25.0 Å². The highest BCUT2D eigenvalue weighted by Crippen LogP contribution is 2.42. The molecule has 2 amide bonds. The summed E-state index contributed by atoms with van der Waals surface area (Å²) in [4.78, 5) is 50.4. The van der Waals surface area contributed by atoms with Crippen molar-refractivity contribution < 1.29 is 42.1 Å². The molecule has 2 bridgehead atoms. The number of rotatable bonds is 3. The number of fused-ring (bicyclic) bond motifs is 5. The predicted molar refractivity (Wildman–Crippen MR) is 159 cm³/mol. The smallest absolute Gasteiger partial charge is 0.408 e. The predicted octanol–water partition coefficient (Wildman–Crippen LogP) is 4.77. The molecule has 1 aromatic carbocycles. The second kappa shape index (κ2) is 12.4. The van der Waals surface area contributed by atoms with E-state index in [1.54, 1.807) is 52.0 Å². The highest BCUT2D eigenvalue weighted by atomic mass is 19.3. The van der Waals surface area contributed by atoms with Crippen LogP contribution in [0, 0.1) is 17.3 Å². The molecule has 1 N–H and O–H groups in total. The van der Waals surface area contributed by atoms with E-state index in [2.05, 4.69) is 15.3 Å². The van der Waals surface area contributed by atoms with Gasteiger partial charge in [0, 0.05) is 24.3 Å². The van der Waals surface area contributed by atoms with Crippen LogP contribution in [0.2, 0.25) is 0 Å². The van der Waals surface area contributed by atoms with E-state index in [9.17, 15) is 14.4 Å². The van der Waals surface area contributed by atoms with Gasteiger partial charge in [-0.25, -0.2) is 19.6 Å². The minimum atomic E-state index is -3.47. The lowest BCUT2D eigenvalue weighted by atomic mass is 9.85. The van der Waals surface area contributed by atoms with Crippen LogP contribution in [0.25, 0.3) is 11.0 Å². The fourth-order valence-electron chi connectivity index (χ4n) is 6.06. The molecule has 0 radical (unpaired) electrons. The number of alkyl carbamates (subject to hydrolysis) is 1. The number of carbonyl (C=O) groups excluding carboxylic acids is 3. The molecule has 2 fully saturated rings. The topological polar surface area (TPSA) is 129 Å². The number of esters is 1. The van der Waals surface area contributed by atoms with Gasteiger partial charge in [-0.15, -0.1) is 0 Å². The van der Waals surface area contributed by atoms with Gasteiger partial charge in [0.25, 0.3) is 5.92 Å². The van der Waals surface area contributed by atoms with Gasteiger partial charge in [-0.3, -0.25) is 4.79 Å². The van der Waals surface area contributed by atoms with Crippen LogP contribution in [0.5, 0.6) is 11.6 Å². The molecule has 2 unspecified atom stereocenters. The Morgan fingerprint density at radius 1 is 1.11 bits per heavy atom. The first-order valence-electron chi connectivity index (χ1n) is 15.2. The molecule has 3 heterocycles. The fraction of sp³-hybridized carbons (Fsp3) is 0.594. The molecule has 45 heavy (non-hydrogen) atoms. The van der Waals surface area contributed by atoms with Gasteiger partial charge in [0.15, 0.2) is 5.69 Å². The Labute approximate surface area is 260 Å². The minimum absolute atomic E-state index is 0.0222. The van der Waals surface area contributed by atoms with Gasteiger partial charge in [0.05, 0.1) is 31.8 Å². The Morgan fingerprint density at radius 2 is 1.87 bits per heavy atom. The largest absolute Gasteiger partial charge is 0.497 e. The van der Waals surface area contributed by atoms with Gasteiger partial charge in [0.1, 0.15) is 30.0 Å². The first kappa shape index (κ1) is 32.4. The van der Waals surface area contributed by atoms with Crippen LogP contribution in [0.4, 0.5) is 13.6 Å². The first-order chi connectivity index (χ1) is 21.3. The lowest BCUT2D eigenvalue weighted by Gasteiger charge is -2.35. The molecule has 2 aromatic rings. The van der Waals surface area contributed by atoms with Gasteiger partial charge < -0.3 is 29.2 Å². The second-order valence-electron chi connectivity index (χ2n) is 12.9. The van der Waals surface area contributed by atoms with Crippen LogP contribution in [0.1, 0.15) is 59.1 Å². The van der Waals surface area contributed by atoms with E-state index in [4.69, 9.17) is 18.9 Å². The van der Waals surface area contributed by atoms with Crippen molar-refractivity contribution >= 4 is 29.0 Å². The van der Waals surface area contributed by atoms with E-state index >= 15 is 8.78 Å². The van der Waals surface area contributed by atoms with Gasteiger partial charge in [-0.05, 0) is 36.8 Å². The maximum Gasteiger partial charge on any atom is 0.408 e. The van der Waals surface area contributed by atoms with Gasteiger partial charge in [-0.1, -0.05) is 39.8 Å². The normalized spacial score (nSPS) is 28.5. The summed E-state index contributed by atoms with van der Waals surface area (Å²) in [6.45, 7) is 7.02. The van der Waals surface area contributed by atoms with Gasteiger partial charge >= 0.3 is 12.1 Å². The number of aromatic nitrogens is 2. The minimum Gasteiger partial charge on any atom is -0.497 e. The molecule has 1 saturated heterocycles. The van der Waals surface area contributed by atoms with Gasteiger partial charge in [-0.2, -0.15) is 8.78 Å². The Hall–Kier alpha value is -4.03. The Bertz CT molecular complexity index is 1490. The molecular formula is C32H40F2N4O7. The van der Waals surface area contributed by atoms with Crippen molar-refractivity contribution in [3.63, 3.8) is 0 Å². The van der Waals surface area contributed by atoms with Crippen LogP contribution < -0.4 is 14.8 Å². The lowest BCUT2D eigenvalue weighted by molar-refractivity contribution is -0.154. The number of alkyl halides is 2. The highest BCUT2D eigenvalue weighted by molar-refractivity contribution is 5.91. The Balaban J connectivity index is 1.62. The number of benzene rings is 1. The zero-order valence-corrected chi connectivity index (χ0v) is 26.3. The van der Waals surface area contributed by atoms with Crippen molar-refractivity contribution in [2.75, 3.05) is 20.8 Å². The number of hydrogen-bond donors (Lipinski definition) is 1. The number of methoxy groups -OCH3 is 2. The third-order valence-corrected chi connectivity index (χ3v) is 8.71. The van der Waals surface area contributed by atoms with E-state index in [1.165, 1.54) is 25.2 Å². The summed E-state index contributed by atoms with van der Waals surface area (Å²) in [5, 5.41) is 2.72. The number of allylic oxidation sites excluding steroid dienone is 2. The number of nitrogens with zero attached hydrogens (tertiary/aromatic N) is 3. The molecule has 11 nitrogen and oxygen atoms in total. The monoisotopic (exact) mass is 630 g/mol. The lowest BCUT2D eigenvalue weighted by Crippen LogP contribution is -2.57. The molecule has 0 spiro atoms. The van der Waals surface area contributed by atoms with E-state index in [0.717, 1.165) is 0 Å². The molecule has 5 rings (SSSR count). The van der Waals surface area contributed by atoms with Crippen molar-refractivity contribution in [3.05, 3.63) is 36.0 Å². The molecule has 1 aliphatic carbocycles.